The van der Waals surface area contributed by atoms with Crippen LogP contribution in [0, 0.1) is 0 Å². The van der Waals surface area contributed by atoms with E-state index in [1.54, 1.807) is 13.8 Å². The number of hydrogen-bond acceptors (Lipinski definition) is 0. The molecule has 0 aromatic heterocycles. The minimum atomic E-state index is -3.25. The van der Waals surface area contributed by atoms with E-state index in [1.165, 1.54) is 0 Å². The van der Waals surface area contributed by atoms with Crippen LogP contribution in [0.4, 0.5) is 13.2 Å². The van der Waals surface area contributed by atoms with Gasteiger partial charge in [0.15, 0.2) is 5.83 Å². The molecule has 66 valence electrons. The quantitative estimate of drug-likeness (QED) is 0.597. The van der Waals surface area contributed by atoms with Crippen molar-refractivity contribution in [1.82, 2.24) is 0 Å². The van der Waals surface area contributed by atoms with Gasteiger partial charge < -0.3 is 0 Å². The summed E-state index contributed by atoms with van der Waals surface area (Å²) in [4.78, 5) is 0. The Labute approximate surface area is 65.1 Å². The molecule has 0 unspecified atom stereocenters. The number of rotatable bonds is 4. The predicted octanol–water partition coefficient (Wildman–Crippen LogP) is 3.69. The molecule has 0 atom stereocenters. The highest BCUT2D eigenvalue weighted by molar-refractivity contribution is 5.03. The Balaban J connectivity index is 4.16. The van der Waals surface area contributed by atoms with Crippen molar-refractivity contribution in [2.24, 2.45) is 0 Å². The van der Waals surface area contributed by atoms with E-state index in [9.17, 15) is 13.2 Å². The normalized spacial score (nSPS) is 13.7. The van der Waals surface area contributed by atoms with E-state index < -0.39 is 18.2 Å². The smallest absolute Gasteiger partial charge is 0.206 e. The van der Waals surface area contributed by atoms with Crippen molar-refractivity contribution in [2.75, 3.05) is 0 Å². The van der Waals surface area contributed by atoms with Gasteiger partial charge >= 0.3 is 0 Å². The summed E-state index contributed by atoms with van der Waals surface area (Å²) in [5.41, 5.74) is 0. The van der Waals surface area contributed by atoms with Crippen LogP contribution in [0.5, 0.6) is 0 Å². The maximum atomic E-state index is 12.6. The molecule has 0 aliphatic heterocycles. The Kier molecular flexibility index (Phi) is 4.23. The summed E-state index contributed by atoms with van der Waals surface area (Å²) >= 11 is 0. The number of allylic oxidation sites excluding steroid dienone is 2. The van der Waals surface area contributed by atoms with Crippen molar-refractivity contribution in [1.29, 1.82) is 0 Å². The topological polar surface area (TPSA) is 0 Å². The molecule has 0 saturated carbocycles. The predicted molar refractivity (Wildman–Crippen MR) is 39.3 cm³/mol. The third-order valence-electron chi connectivity index (χ3n) is 1.30. The Morgan fingerprint density at radius 3 is 2.27 bits per heavy atom. The summed E-state index contributed by atoms with van der Waals surface area (Å²) in [6, 6.07) is 0. The third kappa shape index (κ3) is 3.44. The molecule has 11 heavy (non-hydrogen) atoms. The molecule has 0 saturated heterocycles. The molecular formula is C8H13F3. The van der Waals surface area contributed by atoms with Gasteiger partial charge in [0, 0.05) is 6.42 Å². The monoisotopic (exact) mass is 166 g/mol. The molecule has 0 amide bonds. The number of alkyl halides is 2. The largest absolute Gasteiger partial charge is 0.298 e. The second kappa shape index (κ2) is 4.42. The molecule has 0 N–H and O–H groups in total. The summed E-state index contributed by atoms with van der Waals surface area (Å²) in [6.45, 7) is 3.23. The minimum Gasteiger partial charge on any atom is -0.206 e. The molecule has 0 aliphatic carbocycles. The lowest BCUT2D eigenvalue weighted by atomic mass is 10.1. The summed E-state index contributed by atoms with van der Waals surface area (Å²) in [5, 5.41) is 0. The van der Waals surface area contributed by atoms with Crippen LogP contribution >= 0.6 is 0 Å². The molecule has 0 spiro atoms. The summed E-state index contributed by atoms with van der Waals surface area (Å²) in [7, 11) is 0. The number of hydrogen-bond donors (Lipinski definition) is 0. The van der Waals surface area contributed by atoms with Crippen LogP contribution in [-0.2, 0) is 0 Å². The van der Waals surface area contributed by atoms with Crippen LogP contribution in [-0.4, -0.2) is 5.92 Å². The van der Waals surface area contributed by atoms with Gasteiger partial charge in [-0.05, 0) is 18.9 Å². The molecule has 0 aromatic rings. The van der Waals surface area contributed by atoms with Gasteiger partial charge in [0.2, 0.25) is 0 Å². The van der Waals surface area contributed by atoms with E-state index in [-0.39, 0.29) is 6.42 Å². The van der Waals surface area contributed by atoms with E-state index in [1.807, 2.05) is 0 Å². The van der Waals surface area contributed by atoms with Gasteiger partial charge in [0.1, 0.15) is 0 Å². The van der Waals surface area contributed by atoms with E-state index in [2.05, 4.69) is 0 Å². The number of halogens is 3. The van der Waals surface area contributed by atoms with Crippen LogP contribution < -0.4 is 0 Å². The maximum absolute atomic E-state index is 12.6. The highest BCUT2D eigenvalue weighted by Gasteiger charge is 2.33. The molecule has 0 radical (unpaired) electrons. The summed E-state index contributed by atoms with van der Waals surface area (Å²) < 4.78 is 37.6. The Bertz CT molecular complexity index is 138. The van der Waals surface area contributed by atoms with E-state index in [0.29, 0.717) is 6.42 Å². The van der Waals surface area contributed by atoms with Gasteiger partial charge in [-0.2, -0.15) is 8.78 Å². The van der Waals surface area contributed by atoms with Gasteiger partial charge in [-0.15, -0.1) is 0 Å². The highest BCUT2D eigenvalue weighted by atomic mass is 19.3. The summed E-state index contributed by atoms with van der Waals surface area (Å²) in [5.74, 6) is -4.54. The minimum absolute atomic E-state index is 0.290. The average molecular weight is 166 g/mol. The van der Waals surface area contributed by atoms with Crippen molar-refractivity contribution in [3.05, 3.63) is 11.9 Å². The first-order valence-corrected chi connectivity index (χ1v) is 3.78. The molecule has 0 aromatic carbocycles. The van der Waals surface area contributed by atoms with Crippen molar-refractivity contribution >= 4 is 0 Å². The Morgan fingerprint density at radius 2 is 1.91 bits per heavy atom. The van der Waals surface area contributed by atoms with Crippen LogP contribution in [0.25, 0.3) is 0 Å². The van der Waals surface area contributed by atoms with Gasteiger partial charge in [-0.1, -0.05) is 13.8 Å². The zero-order valence-electron chi connectivity index (χ0n) is 6.83. The highest BCUT2D eigenvalue weighted by Crippen LogP contribution is 2.30. The van der Waals surface area contributed by atoms with Gasteiger partial charge in [-0.3, -0.25) is 0 Å². The van der Waals surface area contributed by atoms with Gasteiger partial charge in [-0.25, -0.2) is 4.39 Å². The fourth-order valence-electron chi connectivity index (χ4n) is 0.762. The third-order valence-corrected chi connectivity index (χ3v) is 1.30. The first kappa shape index (κ1) is 10.5. The molecule has 0 rings (SSSR count). The van der Waals surface area contributed by atoms with E-state index >= 15 is 0 Å². The Morgan fingerprint density at radius 1 is 1.36 bits per heavy atom. The van der Waals surface area contributed by atoms with Crippen molar-refractivity contribution in [3.63, 3.8) is 0 Å². The first-order chi connectivity index (χ1) is 5.04. The van der Waals surface area contributed by atoms with Crippen molar-refractivity contribution in [2.45, 2.75) is 39.0 Å². The van der Waals surface area contributed by atoms with Gasteiger partial charge in [0.25, 0.3) is 5.92 Å². The second-order valence-corrected chi connectivity index (χ2v) is 2.41. The fourth-order valence-corrected chi connectivity index (χ4v) is 0.762. The maximum Gasteiger partial charge on any atom is 0.298 e. The molecule has 0 fully saturated rings. The van der Waals surface area contributed by atoms with Crippen LogP contribution in [0.2, 0.25) is 0 Å². The van der Waals surface area contributed by atoms with E-state index in [4.69, 9.17) is 0 Å². The molecular weight excluding hydrogens is 153 g/mol. The lowest BCUT2D eigenvalue weighted by molar-refractivity contribution is 0.00858. The van der Waals surface area contributed by atoms with Crippen molar-refractivity contribution < 1.29 is 13.2 Å². The Hall–Kier alpha value is -0.470. The van der Waals surface area contributed by atoms with Crippen LogP contribution in [0.15, 0.2) is 11.9 Å². The van der Waals surface area contributed by atoms with E-state index in [0.717, 1.165) is 6.08 Å². The molecule has 0 bridgehead atoms. The molecule has 3 heteroatoms. The lowest BCUT2D eigenvalue weighted by Crippen LogP contribution is -2.16. The molecule has 0 aliphatic rings. The fraction of sp³-hybridized carbons (Fsp3) is 0.750. The zero-order chi connectivity index (χ0) is 8.91. The second-order valence-electron chi connectivity index (χ2n) is 2.41. The van der Waals surface area contributed by atoms with Crippen LogP contribution in [0.3, 0.4) is 0 Å². The standard InChI is InChI=1S/C8H13F3/c1-3-5-7(9)8(10,11)6-4-2/h5H,3-4,6H2,1-2H3/b7-5-. The molecule has 0 nitrogen and oxygen atoms in total. The summed E-state index contributed by atoms with van der Waals surface area (Å²) in [6.07, 6.45) is 1.12. The average Bonchev–Trinajstić information content (AvgIpc) is 1.88. The SMILES string of the molecule is CC/C=C(\F)C(F)(F)CCC. The zero-order valence-corrected chi connectivity index (χ0v) is 6.83. The van der Waals surface area contributed by atoms with Crippen molar-refractivity contribution in [3.8, 4) is 0 Å². The lowest BCUT2D eigenvalue weighted by Gasteiger charge is -2.12. The van der Waals surface area contributed by atoms with Gasteiger partial charge in [0.05, 0.1) is 0 Å². The first-order valence-electron chi connectivity index (χ1n) is 3.78. The van der Waals surface area contributed by atoms with Crippen LogP contribution in [0.1, 0.15) is 33.1 Å². The molecule has 0 heterocycles.